The van der Waals surface area contributed by atoms with Gasteiger partial charge in [-0.2, -0.15) is 5.10 Å². The van der Waals surface area contributed by atoms with Crippen molar-refractivity contribution in [3.05, 3.63) is 22.4 Å². The normalized spacial score (nSPS) is 14.7. The molecule has 0 unspecified atom stereocenters. The van der Waals surface area contributed by atoms with Crippen LogP contribution in [0, 0.1) is 0 Å². The first-order chi connectivity index (χ1) is 9.19. The third kappa shape index (κ3) is 2.49. The van der Waals surface area contributed by atoms with Crippen molar-refractivity contribution < 1.29 is 0 Å². The van der Waals surface area contributed by atoms with Gasteiger partial charge in [-0.1, -0.05) is 0 Å². The lowest BCUT2D eigenvalue weighted by atomic mass is 10.2. The van der Waals surface area contributed by atoms with Crippen LogP contribution in [0.25, 0.3) is 11.5 Å². The van der Waals surface area contributed by atoms with Crippen LogP contribution in [0.4, 0.5) is 5.82 Å². The number of hydrogen-bond donors (Lipinski definition) is 1. The summed E-state index contributed by atoms with van der Waals surface area (Å²) in [5, 5.41) is 7.66. The third-order valence-electron chi connectivity index (χ3n) is 3.13. The number of nitrogens with one attached hydrogen (secondary N) is 1. The first-order valence-electron chi connectivity index (χ1n) is 6.50. The van der Waals surface area contributed by atoms with Crippen LogP contribution in [0.2, 0.25) is 0 Å². The molecule has 1 saturated carbocycles. The smallest absolute Gasteiger partial charge is 0.182 e. The summed E-state index contributed by atoms with van der Waals surface area (Å²) in [6.45, 7) is 2.90. The number of aryl methyl sites for hydroxylation is 1. The highest BCUT2D eigenvalue weighted by Crippen LogP contribution is 2.44. The molecule has 2 aromatic heterocycles. The molecule has 1 N–H and O–H groups in total. The van der Waals surface area contributed by atoms with E-state index in [1.807, 2.05) is 19.3 Å². The first kappa shape index (κ1) is 12.6. The van der Waals surface area contributed by atoms with E-state index < -0.39 is 0 Å². The number of aromatic nitrogens is 4. The molecule has 5 nitrogen and oxygen atoms in total. The molecule has 100 valence electrons. The van der Waals surface area contributed by atoms with Crippen molar-refractivity contribution in [2.45, 2.75) is 25.7 Å². The Hall–Kier alpha value is -1.43. The van der Waals surface area contributed by atoms with Crippen molar-refractivity contribution in [1.29, 1.82) is 0 Å². The standard InChI is InChI=1S/C13H16BrN5/c1-3-15-13-10(14)11(8-4-5-8)16-12(17-13)9-6-7-19(2)18-9/h6-8H,3-5H2,1-2H3,(H,15,16,17). The molecule has 0 aromatic carbocycles. The fourth-order valence-electron chi connectivity index (χ4n) is 2.03. The molecule has 0 amide bonds. The Morgan fingerprint density at radius 2 is 2.21 bits per heavy atom. The van der Waals surface area contributed by atoms with Crippen LogP contribution in [0.3, 0.4) is 0 Å². The lowest BCUT2D eigenvalue weighted by Gasteiger charge is -2.10. The van der Waals surface area contributed by atoms with Gasteiger partial charge in [-0.15, -0.1) is 0 Å². The van der Waals surface area contributed by atoms with E-state index in [-0.39, 0.29) is 0 Å². The van der Waals surface area contributed by atoms with E-state index in [4.69, 9.17) is 0 Å². The molecule has 1 aliphatic rings. The highest BCUT2D eigenvalue weighted by Gasteiger charge is 2.29. The van der Waals surface area contributed by atoms with Gasteiger partial charge >= 0.3 is 0 Å². The van der Waals surface area contributed by atoms with Crippen LogP contribution < -0.4 is 5.32 Å². The fraction of sp³-hybridized carbons (Fsp3) is 0.462. The molecule has 0 atom stereocenters. The van der Waals surface area contributed by atoms with Gasteiger partial charge in [0, 0.05) is 25.7 Å². The number of anilines is 1. The predicted octanol–water partition coefficient (Wildman–Crippen LogP) is 2.95. The lowest BCUT2D eigenvalue weighted by molar-refractivity contribution is 0.768. The second kappa shape index (κ2) is 4.92. The van der Waals surface area contributed by atoms with E-state index in [0.717, 1.165) is 28.2 Å². The summed E-state index contributed by atoms with van der Waals surface area (Å²) >= 11 is 3.62. The minimum absolute atomic E-state index is 0.567. The zero-order chi connectivity index (χ0) is 13.4. The molecule has 2 heterocycles. The Bertz CT molecular complexity index is 603. The van der Waals surface area contributed by atoms with E-state index in [9.17, 15) is 0 Å². The molecule has 0 aliphatic heterocycles. The third-order valence-corrected chi connectivity index (χ3v) is 3.91. The van der Waals surface area contributed by atoms with Gasteiger partial charge in [0.25, 0.3) is 0 Å². The summed E-state index contributed by atoms with van der Waals surface area (Å²) in [6.07, 6.45) is 4.33. The lowest BCUT2D eigenvalue weighted by Crippen LogP contribution is -2.06. The molecule has 0 radical (unpaired) electrons. The Balaban J connectivity index is 2.08. The largest absolute Gasteiger partial charge is 0.369 e. The molecular weight excluding hydrogens is 306 g/mol. The average molecular weight is 322 g/mol. The predicted molar refractivity (Wildman–Crippen MR) is 78.1 cm³/mol. The fourth-order valence-corrected chi connectivity index (χ4v) is 2.67. The minimum atomic E-state index is 0.567. The topological polar surface area (TPSA) is 55.6 Å². The second-order valence-corrected chi connectivity index (χ2v) is 5.57. The number of rotatable bonds is 4. The van der Waals surface area contributed by atoms with Crippen LogP contribution >= 0.6 is 15.9 Å². The Morgan fingerprint density at radius 3 is 2.79 bits per heavy atom. The Labute approximate surface area is 120 Å². The van der Waals surface area contributed by atoms with E-state index in [0.29, 0.717) is 11.7 Å². The van der Waals surface area contributed by atoms with E-state index in [2.05, 4.69) is 43.2 Å². The van der Waals surface area contributed by atoms with Gasteiger partial charge in [-0.05, 0) is 41.8 Å². The van der Waals surface area contributed by atoms with Gasteiger partial charge in [0.2, 0.25) is 0 Å². The van der Waals surface area contributed by atoms with Gasteiger partial charge in [0.1, 0.15) is 11.5 Å². The van der Waals surface area contributed by atoms with Crippen LogP contribution in [0.5, 0.6) is 0 Å². The van der Waals surface area contributed by atoms with Gasteiger partial charge in [0.15, 0.2) is 5.82 Å². The summed E-state index contributed by atoms with van der Waals surface area (Å²) in [6, 6.07) is 1.94. The molecular formula is C13H16BrN5. The van der Waals surface area contributed by atoms with Gasteiger partial charge in [-0.25, -0.2) is 9.97 Å². The minimum Gasteiger partial charge on any atom is -0.369 e. The van der Waals surface area contributed by atoms with Crippen molar-refractivity contribution in [1.82, 2.24) is 19.7 Å². The van der Waals surface area contributed by atoms with Crippen molar-refractivity contribution in [2.24, 2.45) is 7.05 Å². The Kier molecular flexibility index (Phi) is 3.26. The summed E-state index contributed by atoms with van der Waals surface area (Å²) in [5.41, 5.74) is 1.92. The zero-order valence-electron chi connectivity index (χ0n) is 11.0. The number of hydrogen-bond acceptors (Lipinski definition) is 4. The maximum atomic E-state index is 4.69. The first-order valence-corrected chi connectivity index (χ1v) is 7.29. The van der Waals surface area contributed by atoms with Gasteiger partial charge in [-0.3, -0.25) is 4.68 Å². The van der Waals surface area contributed by atoms with Crippen LogP contribution in [0.15, 0.2) is 16.7 Å². The number of nitrogens with zero attached hydrogens (tertiary/aromatic N) is 4. The molecule has 19 heavy (non-hydrogen) atoms. The SMILES string of the molecule is CCNc1nc(-c2ccn(C)n2)nc(C2CC2)c1Br. The molecule has 6 heteroatoms. The molecule has 0 saturated heterocycles. The van der Waals surface area contributed by atoms with Crippen LogP contribution in [0.1, 0.15) is 31.4 Å². The van der Waals surface area contributed by atoms with E-state index in [1.165, 1.54) is 12.8 Å². The molecule has 0 bridgehead atoms. The van der Waals surface area contributed by atoms with Gasteiger partial charge < -0.3 is 5.32 Å². The summed E-state index contributed by atoms with van der Waals surface area (Å²) in [7, 11) is 1.90. The summed E-state index contributed by atoms with van der Waals surface area (Å²) < 4.78 is 2.77. The molecule has 3 rings (SSSR count). The summed E-state index contributed by atoms with van der Waals surface area (Å²) in [5.74, 6) is 2.12. The van der Waals surface area contributed by atoms with Crippen LogP contribution in [-0.2, 0) is 7.05 Å². The van der Waals surface area contributed by atoms with Crippen molar-refractivity contribution >= 4 is 21.7 Å². The zero-order valence-corrected chi connectivity index (χ0v) is 12.6. The summed E-state index contributed by atoms with van der Waals surface area (Å²) in [4.78, 5) is 9.26. The maximum absolute atomic E-state index is 4.69. The highest BCUT2D eigenvalue weighted by molar-refractivity contribution is 9.10. The van der Waals surface area contributed by atoms with Crippen molar-refractivity contribution in [2.75, 3.05) is 11.9 Å². The molecule has 1 fully saturated rings. The van der Waals surface area contributed by atoms with Crippen molar-refractivity contribution in [3.8, 4) is 11.5 Å². The maximum Gasteiger partial charge on any atom is 0.182 e. The average Bonchev–Trinajstić information content (AvgIpc) is 3.14. The monoisotopic (exact) mass is 321 g/mol. The van der Waals surface area contributed by atoms with Crippen molar-refractivity contribution in [3.63, 3.8) is 0 Å². The van der Waals surface area contributed by atoms with E-state index in [1.54, 1.807) is 4.68 Å². The second-order valence-electron chi connectivity index (χ2n) is 4.77. The molecule has 0 spiro atoms. The quantitative estimate of drug-likeness (QED) is 0.940. The number of halogens is 1. The molecule has 2 aromatic rings. The Morgan fingerprint density at radius 1 is 1.42 bits per heavy atom. The highest BCUT2D eigenvalue weighted by atomic mass is 79.9. The van der Waals surface area contributed by atoms with E-state index >= 15 is 0 Å². The molecule has 1 aliphatic carbocycles. The van der Waals surface area contributed by atoms with Crippen LogP contribution in [-0.4, -0.2) is 26.3 Å². The van der Waals surface area contributed by atoms with Gasteiger partial charge in [0.05, 0.1) is 10.2 Å².